The molecule has 6 heteroatoms. The number of piperidine rings is 1. The fraction of sp³-hybridized carbons (Fsp3) is 0.440. The second-order valence-electron chi connectivity index (χ2n) is 8.43. The quantitative estimate of drug-likeness (QED) is 0.472. The molecule has 0 atom stereocenters. The second kappa shape index (κ2) is 9.45. The Hall–Kier alpha value is -2.31. The van der Waals surface area contributed by atoms with Gasteiger partial charge in [0.2, 0.25) is 10.0 Å². The minimum Gasteiger partial charge on any atom is -0.497 e. The zero-order valence-electron chi connectivity index (χ0n) is 18.4. The average Bonchev–Trinajstić information content (AvgIpc) is 3.23. The molecule has 166 valence electrons. The number of nitrogens with zero attached hydrogens (tertiary/aromatic N) is 1. The maximum absolute atomic E-state index is 13.2. The molecule has 0 radical (unpaired) electrons. The monoisotopic (exact) mass is 440 g/mol. The minimum atomic E-state index is -3.44. The van der Waals surface area contributed by atoms with Crippen LogP contribution in [-0.4, -0.2) is 37.9 Å². The number of aromatic amines is 1. The van der Waals surface area contributed by atoms with Crippen molar-refractivity contribution < 1.29 is 13.2 Å². The van der Waals surface area contributed by atoms with Crippen LogP contribution in [0.2, 0.25) is 0 Å². The van der Waals surface area contributed by atoms with Crippen LogP contribution < -0.4 is 4.74 Å². The number of aromatic nitrogens is 1. The summed E-state index contributed by atoms with van der Waals surface area (Å²) in [6, 6.07) is 13.5. The number of aryl methyl sites for hydroxylation is 1. The number of hydrogen-bond donors (Lipinski definition) is 1. The van der Waals surface area contributed by atoms with Crippen LogP contribution in [0.25, 0.3) is 10.9 Å². The Labute approximate surface area is 185 Å². The first-order valence-electron chi connectivity index (χ1n) is 11.3. The molecular weight excluding hydrogens is 408 g/mol. The highest BCUT2D eigenvalue weighted by Crippen LogP contribution is 2.36. The number of nitrogens with one attached hydrogen (secondary N) is 1. The zero-order chi connectivity index (χ0) is 21.8. The van der Waals surface area contributed by atoms with Crippen molar-refractivity contribution in [2.24, 2.45) is 0 Å². The molecule has 0 aliphatic carbocycles. The molecular formula is C25H32N2O3S. The Morgan fingerprint density at radius 3 is 2.48 bits per heavy atom. The van der Waals surface area contributed by atoms with E-state index in [2.05, 4.69) is 24.2 Å². The summed E-state index contributed by atoms with van der Waals surface area (Å²) in [5.74, 6) is 1.18. The molecule has 2 aromatic carbocycles. The molecule has 5 nitrogen and oxygen atoms in total. The summed E-state index contributed by atoms with van der Waals surface area (Å²) in [5, 5.41) is 1.17. The molecule has 4 rings (SSSR count). The van der Waals surface area contributed by atoms with Crippen LogP contribution in [0.15, 0.2) is 53.6 Å². The molecule has 0 unspecified atom stereocenters. The summed E-state index contributed by atoms with van der Waals surface area (Å²) in [5.41, 5.74) is 3.55. The van der Waals surface area contributed by atoms with Crippen molar-refractivity contribution in [3.8, 4) is 5.75 Å². The van der Waals surface area contributed by atoms with E-state index in [9.17, 15) is 8.42 Å². The summed E-state index contributed by atoms with van der Waals surface area (Å²) in [6.07, 6.45) is 8.25. The van der Waals surface area contributed by atoms with Gasteiger partial charge in [0.1, 0.15) is 5.75 Å². The topological polar surface area (TPSA) is 62.4 Å². The zero-order valence-corrected chi connectivity index (χ0v) is 19.2. The lowest BCUT2D eigenvalue weighted by molar-refractivity contribution is 0.320. The molecule has 0 bridgehead atoms. The van der Waals surface area contributed by atoms with E-state index in [1.165, 1.54) is 29.4 Å². The van der Waals surface area contributed by atoms with E-state index >= 15 is 0 Å². The first kappa shape index (κ1) is 21.9. The van der Waals surface area contributed by atoms with Gasteiger partial charge in [0, 0.05) is 30.2 Å². The van der Waals surface area contributed by atoms with Gasteiger partial charge in [-0.1, -0.05) is 31.9 Å². The van der Waals surface area contributed by atoms with Crippen LogP contribution in [-0.2, 0) is 16.4 Å². The van der Waals surface area contributed by atoms with Gasteiger partial charge in [-0.25, -0.2) is 8.42 Å². The summed E-state index contributed by atoms with van der Waals surface area (Å²) in [6.45, 7) is 3.28. The molecule has 1 aliphatic rings. The van der Waals surface area contributed by atoms with Gasteiger partial charge in [-0.2, -0.15) is 4.31 Å². The molecule has 3 aromatic rings. The third-order valence-electron chi connectivity index (χ3n) is 6.44. The molecule has 1 fully saturated rings. The van der Waals surface area contributed by atoms with Gasteiger partial charge in [0.25, 0.3) is 0 Å². The van der Waals surface area contributed by atoms with Gasteiger partial charge in [0.05, 0.1) is 12.0 Å². The summed E-state index contributed by atoms with van der Waals surface area (Å²) in [7, 11) is -1.77. The SMILES string of the molecule is CCCCCc1ccc(S(=O)(=O)N2CCC(c3c[nH]c4ccc(OC)cc34)CC2)cc1. The lowest BCUT2D eigenvalue weighted by atomic mass is 9.90. The number of H-pyrrole nitrogens is 1. The number of methoxy groups -OCH3 is 1. The smallest absolute Gasteiger partial charge is 0.243 e. The standard InChI is InChI=1S/C25H32N2O3S/c1-3-4-5-6-19-7-10-22(11-8-19)31(28,29)27-15-13-20(14-16-27)24-18-26-25-12-9-21(30-2)17-23(24)25/h7-12,17-18,20,26H,3-6,13-16H2,1-2H3. The number of fused-ring (bicyclic) bond motifs is 1. The third-order valence-corrected chi connectivity index (χ3v) is 8.36. The lowest BCUT2D eigenvalue weighted by Gasteiger charge is -2.31. The van der Waals surface area contributed by atoms with E-state index in [1.54, 1.807) is 23.5 Å². The van der Waals surface area contributed by atoms with Crippen molar-refractivity contribution in [1.82, 2.24) is 9.29 Å². The molecule has 1 N–H and O–H groups in total. The van der Waals surface area contributed by atoms with Crippen LogP contribution in [0.4, 0.5) is 0 Å². The van der Waals surface area contributed by atoms with Crippen LogP contribution in [0, 0.1) is 0 Å². The normalized spacial score (nSPS) is 16.1. The van der Waals surface area contributed by atoms with Gasteiger partial charge >= 0.3 is 0 Å². The van der Waals surface area contributed by atoms with E-state index in [0.29, 0.717) is 23.9 Å². The first-order valence-corrected chi connectivity index (χ1v) is 12.7. The molecule has 0 spiro atoms. The van der Waals surface area contributed by atoms with Gasteiger partial charge < -0.3 is 9.72 Å². The van der Waals surface area contributed by atoms with E-state index in [-0.39, 0.29) is 0 Å². The van der Waals surface area contributed by atoms with Crippen LogP contribution >= 0.6 is 0 Å². The van der Waals surface area contributed by atoms with Gasteiger partial charge in [0.15, 0.2) is 0 Å². The summed E-state index contributed by atoms with van der Waals surface area (Å²) < 4.78 is 33.3. The highest BCUT2D eigenvalue weighted by atomic mass is 32.2. The van der Waals surface area contributed by atoms with E-state index in [4.69, 9.17) is 4.74 Å². The number of ether oxygens (including phenoxy) is 1. The number of unbranched alkanes of at least 4 members (excludes halogenated alkanes) is 2. The van der Waals surface area contributed by atoms with Crippen molar-refractivity contribution in [3.05, 3.63) is 59.8 Å². The molecule has 1 saturated heterocycles. The van der Waals surface area contributed by atoms with E-state index in [1.807, 2.05) is 24.3 Å². The van der Waals surface area contributed by atoms with Crippen molar-refractivity contribution in [1.29, 1.82) is 0 Å². The molecule has 1 aliphatic heterocycles. The average molecular weight is 441 g/mol. The Balaban J connectivity index is 1.43. The fourth-order valence-electron chi connectivity index (χ4n) is 4.55. The van der Waals surface area contributed by atoms with Crippen LogP contribution in [0.5, 0.6) is 5.75 Å². The van der Waals surface area contributed by atoms with Gasteiger partial charge in [-0.05, 0) is 73.1 Å². The first-order chi connectivity index (χ1) is 15.0. The fourth-order valence-corrected chi connectivity index (χ4v) is 6.02. The molecule has 31 heavy (non-hydrogen) atoms. The van der Waals surface area contributed by atoms with E-state index < -0.39 is 10.0 Å². The van der Waals surface area contributed by atoms with Gasteiger partial charge in [-0.3, -0.25) is 0 Å². The maximum atomic E-state index is 13.2. The molecule has 1 aromatic heterocycles. The minimum absolute atomic E-state index is 0.341. The number of hydrogen-bond acceptors (Lipinski definition) is 3. The molecule has 0 saturated carbocycles. The Morgan fingerprint density at radius 2 is 1.81 bits per heavy atom. The number of sulfonamides is 1. The van der Waals surface area contributed by atoms with Crippen LogP contribution in [0.1, 0.15) is 56.1 Å². The van der Waals surface area contributed by atoms with E-state index in [0.717, 1.165) is 36.9 Å². The predicted molar refractivity (Wildman–Crippen MR) is 125 cm³/mol. The van der Waals surface area contributed by atoms with Crippen LogP contribution in [0.3, 0.4) is 0 Å². The van der Waals surface area contributed by atoms with Crippen molar-refractivity contribution >= 4 is 20.9 Å². The third kappa shape index (κ3) is 4.65. The highest BCUT2D eigenvalue weighted by molar-refractivity contribution is 7.89. The summed E-state index contributed by atoms with van der Waals surface area (Å²) >= 11 is 0. The van der Waals surface area contributed by atoms with Crippen molar-refractivity contribution in [3.63, 3.8) is 0 Å². The van der Waals surface area contributed by atoms with Crippen molar-refractivity contribution in [2.75, 3.05) is 20.2 Å². The number of rotatable bonds is 8. The Bertz CT molecular complexity index is 1110. The Kier molecular flexibility index (Phi) is 6.68. The number of benzene rings is 2. The second-order valence-corrected chi connectivity index (χ2v) is 10.4. The predicted octanol–water partition coefficient (Wildman–Crippen LogP) is 5.48. The Morgan fingerprint density at radius 1 is 1.06 bits per heavy atom. The summed E-state index contributed by atoms with van der Waals surface area (Å²) in [4.78, 5) is 3.74. The van der Waals surface area contributed by atoms with Crippen molar-refractivity contribution in [2.45, 2.75) is 56.3 Å². The molecule has 2 heterocycles. The highest BCUT2D eigenvalue weighted by Gasteiger charge is 2.30. The largest absolute Gasteiger partial charge is 0.497 e. The lowest BCUT2D eigenvalue weighted by Crippen LogP contribution is -2.37. The molecule has 0 amide bonds. The maximum Gasteiger partial charge on any atom is 0.243 e. The van der Waals surface area contributed by atoms with Gasteiger partial charge in [-0.15, -0.1) is 0 Å².